The van der Waals surface area contributed by atoms with E-state index in [2.05, 4.69) is 10.2 Å². The Labute approximate surface area is 98.5 Å². The third-order valence-electron chi connectivity index (χ3n) is 4.39. The summed E-state index contributed by atoms with van der Waals surface area (Å²) in [5, 5.41) is 3.52. The van der Waals surface area contributed by atoms with Gasteiger partial charge in [0.25, 0.3) is 0 Å². The van der Waals surface area contributed by atoms with Crippen molar-refractivity contribution in [2.24, 2.45) is 11.3 Å². The van der Waals surface area contributed by atoms with Gasteiger partial charge in [0, 0.05) is 25.0 Å². The molecule has 2 aliphatic heterocycles. The van der Waals surface area contributed by atoms with Gasteiger partial charge in [0.2, 0.25) is 0 Å². The molecule has 0 aromatic heterocycles. The molecule has 2 heterocycles. The Morgan fingerprint density at radius 2 is 2.31 bits per heavy atom. The van der Waals surface area contributed by atoms with Crippen molar-refractivity contribution in [1.82, 2.24) is 10.2 Å². The second-order valence-corrected chi connectivity index (χ2v) is 6.00. The van der Waals surface area contributed by atoms with E-state index in [0.29, 0.717) is 5.41 Å². The van der Waals surface area contributed by atoms with Gasteiger partial charge in [-0.25, -0.2) is 0 Å². The number of nitrogens with zero attached hydrogens (tertiary/aromatic N) is 1. The summed E-state index contributed by atoms with van der Waals surface area (Å²) in [6.45, 7) is 8.15. The molecule has 1 unspecified atom stereocenters. The largest absolute Gasteiger partial charge is 0.379 e. The molecule has 92 valence electrons. The molecule has 2 saturated heterocycles. The van der Waals surface area contributed by atoms with Crippen molar-refractivity contribution in [1.29, 1.82) is 0 Å². The highest BCUT2D eigenvalue weighted by molar-refractivity contribution is 4.97. The molecular weight excluding hydrogens is 200 g/mol. The SMILES string of the molecule is C1CNCC(CN2CCOCC3(CC3)C2)C1. The molecule has 3 aliphatic rings. The van der Waals surface area contributed by atoms with Gasteiger partial charge in [-0.2, -0.15) is 0 Å². The zero-order valence-electron chi connectivity index (χ0n) is 10.2. The third-order valence-corrected chi connectivity index (χ3v) is 4.39. The predicted molar refractivity (Wildman–Crippen MR) is 64.5 cm³/mol. The molecule has 3 fully saturated rings. The van der Waals surface area contributed by atoms with Crippen LogP contribution in [0.2, 0.25) is 0 Å². The third kappa shape index (κ3) is 2.58. The first-order valence-corrected chi connectivity index (χ1v) is 6.87. The number of piperidine rings is 1. The molecule has 0 aromatic carbocycles. The smallest absolute Gasteiger partial charge is 0.0593 e. The van der Waals surface area contributed by atoms with Crippen molar-refractivity contribution in [3.8, 4) is 0 Å². The molecule has 16 heavy (non-hydrogen) atoms. The highest BCUT2D eigenvalue weighted by Gasteiger charge is 2.45. The van der Waals surface area contributed by atoms with Crippen LogP contribution in [-0.2, 0) is 4.74 Å². The van der Waals surface area contributed by atoms with E-state index in [9.17, 15) is 0 Å². The van der Waals surface area contributed by atoms with E-state index in [1.807, 2.05) is 0 Å². The summed E-state index contributed by atoms with van der Waals surface area (Å²) in [6.07, 6.45) is 5.57. The van der Waals surface area contributed by atoms with Crippen LogP contribution in [0, 0.1) is 11.3 Å². The van der Waals surface area contributed by atoms with Crippen LogP contribution >= 0.6 is 0 Å². The van der Waals surface area contributed by atoms with E-state index in [1.165, 1.54) is 51.9 Å². The number of hydrogen-bond donors (Lipinski definition) is 1. The highest BCUT2D eigenvalue weighted by atomic mass is 16.5. The molecule has 0 bridgehead atoms. The lowest BCUT2D eigenvalue weighted by molar-refractivity contribution is 0.115. The minimum absolute atomic E-state index is 0.568. The number of hydrogen-bond acceptors (Lipinski definition) is 3. The van der Waals surface area contributed by atoms with Crippen molar-refractivity contribution in [3.05, 3.63) is 0 Å². The zero-order chi connectivity index (χ0) is 10.8. The predicted octanol–water partition coefficient (Wildman–Crippen LogP) is 1.10. The van der Waals surface area contributed by atoms with E-state index in [-0.39, 0.29) is 0 Å². The Morgan fingerprint density at radius 1 is 1.38 bits per heavy atom. The highest BCUT2D eigenvalue weighted by Crippen LogP contribution is 2.47. The van der Waals surface area contributed by atoms with Gasteiger partial charge >= 0.3 is 0 Å². The van der Waals surface area contributed by atoms with E-state index in [0.717, 1.165) is 25.7 Å². The molecular formula is C13H24N2O. The first kappa shape index (κ1) is 11.0. The van der Waals surface area contributed by atoms with Gasteiger partial charge in [0.1, 0.15) is 0 Å². The van der Waals surface area contributed by atoms with Crippen molar-refractivity contribution < 1.29 is 4.74 Å². The summed E-state index contributed by atoms with van der Waals surface area (Å²) in [5.74, 6) is 0.877. The Kier molecular flexibility index (Phi) is 3.18. The summed E-state index contributed by atoms with van der Waals surface area (Å²) >= 11 is 0. The Balaban J connectivity index is 1.52. The average molecular weight is 224 g/mol. The normalized spacial score (nSPS) is 34.9. The molecule has 0 amide bonds. The molecule has 1 saturated carbocycles. The van der Waals surface area contributed by atoms with E-state index in [1.54, 1.807) is 0 Å². The monoisotopic (exact) mass is 224 g/mol. The minimum atomic E-state index is 0.568. The summed E-state index contributed by atoms with van der Waals surface area (Å²) < 4.78 is 5.73. The van der Waals surface area contributed by atoms with Gasteiger partial charge in [-0.3, -0.25) is 0 Å². The Morgan fingerprint density at radius 3 is 3.06 bits per heavy atom. The van der Waals surface area contributed by atoms with Crippen LogP contribution in [0.3, 0.4) is 0 Å². The molecule has 3 nitrogen and oxygen atoms in total. The zero-order valence-corrected chi connectivity index (χ0v) is 10.2. The maximum Gasteiger partial charge on any atom is 0.0593 e. The fraction of sp³-hybridized carbons (Fsp3) is 1.00. The van der Waals surface area contributed by atoms with Crippen LogP contribution in [0.4, 0.5) is 0 Å². The summed E-state index contributed by atoms with van der Waals surface area (Å²) in [6, 6.07) is 0. The Bertz CT molecular complexity index is 234. The van der Waals surface area contributed by atoms with Crippen LogP contribution < -0.4 is 5.32 Å². The summed E-state index contributed by atoms with van der Waals surface area (Å²) in [4.78, 5) is 2.66. The van der Waals surface area contributed by atoms with Crippen molar-refractivity contribution in [3.63, 3.8) is 0 Å². The molecule has 3 heteroatoms. The quantitative estimate of drug-likeness (QED) is 0.760. The minimum Gasteiger partial charge on any atom is -0.379 e. The summed E-state index contributed by atoms with van der Waals surface area (Å²) in [5.41, 5.74) is 0.568. The second-order valence-electron chi connectivity index (χ2n) is 6.00. The lowest BCUT2D eigenvalue weighted by Crippen LogP contribution is -2.40. The van der Waals surface area contributed by atoms with Gasteiger partial charge in [0.05, 0.1) is 13.2 Å². The number of rotatable bonds is 2. The standard InChI is InChI=1S/C13H24N2O/c1-2-12(8-14-5-1)9-15-6-7-16-11-13(10-15)3-4-13/h12,14H,1-11H2. The van der Waals surface area contributed by atoms with Crippen molar-refractivity contribution in [2.75, 3.05) is 45.9 Å². The average Bonchev–Trinajstić information content (AvgIpc) is 3.09. The van der Waals surface area contributed by atoms with Gasteiger partial charge in [-0.15, -0.1) is 0 Å². The lowest BCUT2D eigenvalue weighted by atomic mass is 9.98. The molecule has 3 rings (SSSR count). The lowest BCUT2D eigenvalue weighted by Gasteiger charge is -2.30. The van der Waals surface area contributed by atoms with E-state index >= 15 is 0 Å². The first-order valence-electron chi connectivity index (χ1n) is 6.87. The van der Waals surface area contributed by atoms with Gasteiger partial charge < -0.3 is 15.0 Å². The maximum absolute atomic E-state index is 5.73. The molecule has 0 aromatic rings. The molecule has 0 radical (unpaired) electrons. The van der Waals surface area contributed by atoms with Crippen LogP contribution in [0.15, 0.2) is 0 Å². The number of ether oxygens (including phenoxy) is 1. The van der Waals surface area contributed by atoms with Crippen LogP contribution in [-0.4, -0.2) is 50.8 Å². The molecule has 1 aliphatic carbocycles. The molecule has 1 N–H and O–H groups in total. The molecule has 1 spiro atoms. The second kappa shape index (κ2) is 4.63. The van der Waals surface area contributed by atoms with Crippen molar-refractivity contribution in [2.45, 2.75) is 25.7 Å². The van der Waals surface area contributed by atoms with Gasteiger partial charge in [-0.05, 0) is 44.7 Å². The summed E-state index contributed by atoms with van der Waals surface area (Å²) in [7, 11) is 0. The maximum atomic E-state index is 5.73. The van der Waals surface area contributed by atoms with Crippen LogP contribution in [0.25, 0.3) is 0 Å². The topological polar surface area (TPSA) is 24.5 Å². The fourth-order valence-electron chi connectivity index (χ4n) is 3.16. The van der Waals surface area contributed by atoms with E-state index < -0.39 is 0 Å². The Hall–Kier alpha value is -0.120. The van der Waals surface area contributed by atoms with Crippen molar-refractivity contribution >= 4 is 0 Å². The fourth-order valence-corrected chi connectivity index (χ4v) is 3.16. The van der Waals surface area contributed by atoms with Crippen LogP contribution in [0.5, 0.6) is 0 Å². The number of nitrogens with one attached hydrogen (secondary N) is 1. The van der Waals surface area contributed by atoms with Gasteiger partial charge in [0.15, 0.2) is 0 Å². The van der Waals surface area contributed by atoms with Crippen LogP contribution in [0.1, 0.15) is 25.7 Å². The molecule has 1 atom stereocenters. The first-order chi connectivity index (χ1) is 7.86. The van der Waals surface area contributed by atoms with E-state index in [4.69, 9.17) is 4.74 Å². The van der Waals surface area contributed by atoms with Gasteiger partial charge in [-0.1, -0.05) is 0 Å².